The van der Waals surface area contributed by atoms with Crippen LogP contribution in [0.3, 0.4) is 0 Å². The lowest BCUT2D eigenvalue weighted by molar-refractivity contribution is -0.137. The standard InChI is InChI=1S/C17H13F3N2O2/c1-21-16-13(10-4-2-6-12(8-10)17(18,19)20)14(23)15(24-16)11-5-3-7-22-9-11/h2-9,21,23H,1H3. The number of nitrogens with zero attached hydrogens (tertiary/aromatic N) is 1. The number of benzene rings is 1. The van der Waals surface area contributed by atoms with Gasteiger partial charge in [-0.1, -0.05) is 12.1 Å². The lowest BCUT2D eigenvalue weighted by atomic mass is 10.0. The number of aromatic hydroxyl groups is 1. The highest BCUT2D eigenvalue weighted by atomic mass is 19.4. The number of nitrogens with one attached hydrogen (secondary N) is 1. The number of aromatic nitrogens is 1. The van der Waals surface area contributed by atoms with Crippen LogP contribution in [0.5, 0.6) is 5.75 Å². The van der Waals surface area contributed by atoms with Gasteiger partial charge in [-0.05, 0) is 29.8 Å². The molecule has 0 spiro atoms. The summed E-state index contributed by atoms with van der Waals surface area (Å²) >= 11 is 0. The summed E-state index contributed by atoms with van der Waals surface area (Å²) in [6.45, 7) is 0. The summed E-state index contributed by atoms with van der Waals surface area (Å²) in [5, 5.41) is 13.3. The Bertz CT molecular complexity index is 858. The van der Waals surface area contributed by atoms with E-state index in [1.54, 1.807) is 25.4 Å². The third kappa shape index (κ3) is 2.80. The molecular weight excluding hydrogens is 321 g/mol. The number of hydrogen-bond acceptors (Lipinski definition) is 4. The minimum absolute atomic E-state index is 0.139. The van der Waals surface area contributed by atoms with Gasteiger partial charge in [-0.25, -0.2) is 0 Å². The van der Waals surface area contributed by atoms with Gasteiger partial charge in [0.1, 0.15) is 0 Å². The van der Waals surface area contributed by atoms with Gasteiger partial charge < -0.3 is 14.8 Å². The normalized spacial score (nSPS) is 11.5. The minimum Gasteiger partial charge on any atom is -0.504 e. The van der Waals surface area contributed by atoms with Crippen molar-refractivity contribution in [2.45, 2.75) is 6.18 Å². The maximum Gasteiger partial charge on any atom is 0.416 e. The van der Waals surface area contributed by atoms with E-state index in [1.807, 2.05) is 0 Å². The molecule has 24 heavy (non-hydrogen) atoms. The predicted octanol–water partition coefficient (Wildman–Crippen LogP) is 4.77. The Hall–Kier alpha value is -2.96. The van der Waals surface area contributed by atoms with Crippen LogP contribution in [0.4, 0.5) is 19.1 Å². The summed E-state index contributed by atoms with van der Waals surface area (Å²) < 4.78 is 44.4. The second-order valence-electron chi connectivity index (χ2n) is 5.05. The monoisotopic (exact) mass is 334 g/mol. The fourth-order valence-corrected chi connectivity index (χ4v) is 2.41. The van der Waals surface area contributed by atoms with Crippen LogP contribution in [0, 0.1) is 0 Å². The summed E-state index contributed by atoms with van der Waals surface area (Å²) in [6, 6.07) is 8.06. The number of hydrogen-bond donors (Lipinski definition) is 2. The molecule has 124 valence electrons. The van der Waals surface area contributed by atoms with E-state index >= 15 is 0 Å². The van der Waals surface area contributed by atoms with E-state index in [-0.39, 0.29) is 28.5 Å². The maximum atomic E-state index is 12.9. The Labute approximate surface area is 135 Å². The smallest absolute Gasteiger partial charge is 0.416 e. The third-order valence-electron chi connectivity index (χ3n) is 3.51. The van der Waals surface area contributed by atoms with Gasteiger partial charge in [0.25, 0.3) is 0 Å². The van der Waals surface area contributed by atoms with E-state index in [4.69, 9.17) is 4.42 Å². The zero-order valence-corrected chi connectivity index (χ0v) is 12.6. The Kier molecular flexibility index (Phi) is 3.92. The molecule has 0 aliphatic rings. The summed E-state index contributed by atoms with van der Waals surface area (Å²) in [4.78, 5) is 3.95. The molecule has 0 unspecified atom stereocenters. The Balaban J connectivity index is 2.17. The molecule has 4 nitrogen and oxygen atoms in total. The van der Waals surface area contributed by atoms with Crippen LogP contribution in [0.1, 0.15) is 5.56 Å². The largest absolute Gasteiger partial charge is 0.504 e. The second-order valence-corrected chi connectivity index (χ2v) is 5.05. The predicted molar refractivity (Wildman–Crippen MR) is 83.6 cm³/mol. The number of alkyl halides is 3. The molecule has 0 radical (unpaired) electrons. The second kappa shape index (κ2) is 5.92. The van der Waals surface area contributed by atoms with Crippen molar-refractivity contribution < 1.29 is 22.7 Å². The molecule has 0 saturated carbocycles. The summed E-state index contributed by atoms with van der Waals surface area (Å²) in [6.07, 6.45) is -1.41. The van der Waals surface area contributed by atoms with Crippen LogP contribution in [0.2, 0.25) is 0 Å². The van der Waals surface area contributed by atoms with Crippen LogP contribution in [0.25, 0.3) is 22.5 Å². The molecule has 7 heteroatoms. The maximum absolute atomic E-state index is 12.9. The molecule has 2 heterocycles. The average molecular weight is 334 g/mol. The molecule has 0 aliphatic heterocycles. The molecule has 0 amide bonds. The first-order valence-corrected chi connectivity index (χ1v) is 7.03. The zero-order chi connectivity index (χ0) is 17.3. The van der Waals surface area contributed by atoms with Crippen LogP contribution < -0.4 is 5.32 Å². The molecule has 0 fully saturated rings. The highest BCUT2D eigenvalue weighted by Gasteiger charge is 2.31. The quantitative estimate of drug-likeness (QED) is 0.724. The van der Waals surface area contributed by atoms with E-state index in [9.17, 15) is 18.3 Å². The highest BCUT2D eigenvalue weighted by Crippen LogP contribution is 2.46. The van der Waals surface area contributed by atoms with E-state index in [2.05, 4.69) is 10.3 Å². The highest BCUT2D eigenvalue weighted by molar-refractivity contribution is 5.87. The SMILES string of the molecule is CNc1oc(-c2cccnc2)c(O)c1-c1cccc(C(F)(F)F)c1. The Morgan fingerprint density at radius 1 is 1.12 bits per heavy atom. The van der Waals surface area contributed by atoms with Crippen molar-refractivity contribution in [3.63, 3.8) is 0 Å². The fourth-order valence-electron chi connectivity index (χ4n) is 2.41. The van der Waals surface area contributed by atoms with Crippen LogP contribution in [-0.4, -0.2) is 17.1 Å². The third-order valence-corrected chi connectivity index (χ3v) is 3.51. The van der Waals surface area contributed by atoms with Crippen molar-refractivity contribution in [1.82, 2.24) is 4.98 Å². The van der Waals surface area contributed by atoms with E-state index in [1.165, 1.54) is 18.3 Å². The Morgan fingerprint density at radius 2 is 1.88 bits per heavy atom. The summed E-state index contributed by atoms with van der Waals surface area (Å²) in [7, 11) is 1.56. The number of furan rings is 1. The van der Waals surface area contributed by atoms with Gasteiger partial charge in [0.2, 0.25) is 5.88 Å². The molecule has 2 N–H and O–H groups in total. The van der Waals surface area contributed by atoms with E-state index < -0.39 is 11.7 Å². The van der Waals surface area contributed by atoms with Crippen molar-refractivity contribution in [2.75, 3.05) is 12.4 Å². The lowest BCUT2D eigenvalue weighted by Gasteiger charge is -2.09. The van der Waals surface area contributed by atoms with Gasteiger partial charge in [-0.2, -0.15) is 13.2 Å². The molecule has 2 aromatic heterocycles. The van der Waals surface area contributed by atoms with Crippen molar-refractivity contribution >= 4 is 5.88 Å². The van der Waals surface area contributed by atoms with Gasteiger partial charge >= 0.3 is 6.18 Å². The van der Waals surface area contributed by atoms with Crippen molar-refractivity contribution in [2.24, 2.45) is 0 Å². The van der Waals surface area contributed by atoms with E-state index in [0.717, 1.165) is 12.1 Å². The molecule has 0 atom stereocenters. The summed E-state index contributed by atoms with van der Waals surface area (Å²) in [5.41, 5.74) is 0.0864. The first-order chi connectivity index (χ1) is 11.4. The van der Waals surface area contributed by atoms with Gasteiger partial charge in [0.15, 0.2) is 11.5 Å². The van der Waals surface area contributed by atoms with Gasteiger partial charge in [0.05, 0.1) is 11.1 Å². The molecule has 3 aromatic rings. The molecular formula is C17H13F3N2O2. The van der Waals surface area contributed by atoms with Crippen molar-refractivity contribution in [3.05, 3.63) is 54.4 Å². The Morgan fingerprint density at radius 3 is 2.50 bits per heavy atom. The van der Waals surface area contributed by atoms with Crippen LogP contribution >= 0.6 is 0 Å². The molecule has 0 saturated heterocycles. The molecule has 1 aromatic carbocycles. The van der Waals surface area contributed by atoms with Crippen molar-refractivity contribution in [1.29, 1.82) is 0 Å². The van der Waals surface area contributed by atoms with Crippen LogP contribution in [0.15, 0.2) is 53.2 Å². The average Bonchev–Trinajstić information content (AvgIpc) is 2.91. The van der Waals surface area contributed by atoms with Gasteiger partial charge in [-0.15, -0.1) is 0 Å². The molecule has 0 bridgehead atoms. The number of halogens is 3. The number of anilines is 1. The molecule has 3 rings (SSSR count). The van der Waals surface area contributed by atoms with Crippen molar-refractivity contribution in [3.8, 4) is 28.2 Å². The number of rotatable bonds is 3. The van der Waals surface area contributed by atoms with Crippen LogP contribution in [-0.2, 0) is 6.18 Å². The first-order valence-electron chi connectivity index (χ1n) is 7.03. The number of pyridine rings is 1. The zero-order valence-electron chi connectivity index (χ0n) is 12.6. The lowest BCUT2D eigenvalue weighted by Crippen LogP contribution is -2.04. The minimum atomic E-state index is -4.47. The van der Waals surface area contributed by atoms with Gasteiger partial charge in [0, 0.05) is 25.0 Å². The fraction of sp³-hybridized carbons (Fsp3) is 0.118. The molecule has 0 aliphatic carbocycles. The summed E-state index contributed by atoms with van der Waals surface area (Å²) in [5.74, 6) is 0.0669. The van der Waals surface area contributed by atoms with Gasteiger partial charge in [-0.3, -0.25) is 4.98 Å². The van der Waals surface area contributed by atoms with E-state index in [0.29, 0.717) is 5.56 Å². The topological polar surface area (TPSA) is 58.3 Å². The first kappa shape index (κ1) is 15.9.